The summed E-state index contributed by atoms with van der Waals surface area (Å²) in [6, 6.07) is -0.0960. The number of hydrogen-bond acceptors (Lipinski definition) is 5. The van der Waals surface area contributed by atoms with Gasteiger partial charge in [0.25, 0.3) is 5.91 Å². The second-order valence-electron chi connectivity index (χ2n) is 4.31. The van der Waals surface area contributed by atoms with Crippen LogP contribution >= 0.6 is 0 Å². The number of nitrogens with one attached hydrogen (secondary N) is 2. The number of carbonyl (C=O) groups is 1. The molecule has 1 aliphatic rings. The van der Waals surface area contributed by atoms with E-state index in [-0.39, 0.29) is 17.6 Å². The Morgan fingerprint density at radius 3 is 2.67 bits per heavy atom. The zero-order valence-corrected chi connectivity index (χ0v) is 10.8. The molecular weight excluding hydrogens is 258 g/mol. The Morgan fingerprint density at radius 2 is 2.17 bits per heavy atom. The number of aromatic amines is 1. The van der Waals surface area contributed by atoms with Gasteiger partial charge in [-0.2, -0.15) is 15.4 Å². The molecule has 1 fully saturated rings. The van der Waals surface area contributed by atoms with Crippen LogP contribution in [-0.4, -0.2) is 60.0 Å². The lowest BCUT2D eigenvalue weighted by Crippen LogP contribution is -2.46. The third-order valence-electron chi connectivity index (χ3n) is 2.80. The molecule has 0 aromatic carbocycles. The summed E-state index contributed by atoms with van der Waals surface area (Å²) in [5.74, 6) is -0.179. The van der Waals surface area contributed by atoms with Crippen molar-refractivity contribution in [3.8, 4) is 0 Å². The molecule has 1 aliphatic heterocycles. The van der Waals surface area contributed by atoms with E-state index in [2.05, 4.69) is 20.1 Å². The first kappa shape index (κ1) is 13.0. The molecule has 18 heavy (non-hydrogen) atoms. The molecule has 2 N–H and O–H groups in total. The van der Waals surface area contributed by atoms with Crippen molar-refractivity contribution in [2.75, 3.05) is 19.3 Å². The molecule has 100 valence electrons. The van der Waals surface area contributed by atoms with Gasteiger partial charge in [-0.15, -0.1) is 0 Å². The van der Waals surface area contributed by atoms with Crippen LogP contribution in [0.15, 0.2) is 6.20 Å². The van der Waals surface area contributed by atoms with Crippen molar-refractivity contribution in [3.05, 3.63) is 11.9 Å². The number of rotatable bonds is 3. The van der Waals surface area contributed by atoms with Crippen molar-refractivity contribution in [1.82, 2.24) is 25.0 Å². The Hall–Kier alpha value is -1.48. The molecule has 1 aromatic heterocycles. The smallest absolute Gasteiger partial charge is 0.276 e. The molecule has 0 spiro atoms. The first-order valence-electron chi connectivity index (χ1n) is 5.58. The summed E-state index contributed by atoms with van der Waals surface area (Å²) >= 11 is 0. The number of carbonyl (C=O) groups excluding carboxylic acids is 1. The van der Waals surface area contributed by atoms with Crippen molar-refractivity contribution in [2.45, 2.75) is 18.9 Å². The molecule has 2 rings (SSSR count). The summed E-state index contributed by atoms with van der Waals surface area (Å²) in [6.45, 7) is 1.03. The van der Waals surface area contributed by atoms with Crippen molar-refractivity contribution in [2.24, 2.45) is 0 Å². The molecule has 0 saturated carbocycles. The summed E-state index contributed by atoms with van der Waals surface area (Å²) in [5, 5.41) is 9.71. The van der Waals surface area contributed by atoms with Crippen LogP contribution in [0.3, 0.4) is 0 Å². The number of likely N-dealkylation sites (tertiary alicyclic amines) is 1. The SMILES string of the molecule is CS(=O)(=O)NC1CCN(C(=O)c2cn[nH]n2)CC1. The topological polar surface area (TPSA) is 108 Å². The molecule has 1 saturated heterocycles. The van der Waals surface area contributed by atoms with Gasteiger partial charge in [0.15, 0.2) is 5.69 Å². The number of piperidine rings is 1. The summed E-state index contributed by atoms with van der Waals surface area (Å²) < 4.78 is 24.7. The number of H-pyrrole nitrogens is 1. The van der Waals surface area contributed by atoms with E-state index in [9.17, 15) is 13.2 Å². The van der Waals surface area contributed by atoms with Gasteiger partial charge in [0.1, 0.15) is 0 Å². The number of amides is 1. The normalized spacial score (nSPS) is 17.9. The average molecular weight is 273 g/mol. The Balaban J connectivity index is 1.89. The number of hydrogen-bond donors (Lipinski definition) is 2. The van der Waals surface area contributed by atoms with Crippen LogP contribution in [-0.2, 0) is 10.0 Å². The summed E-state index contributed by atoms with van der Waals surface area (Å²) in [6.07, 6.45) is 3.73. The lowest BCUT2D eigenvalue weighted by Gasteiger charge is -2.31. The van der Waals surface area contributed by atoms with Gasteiger partial charge >= 0.3 is 0 Å². The Morgan fingerprint density at radius 1 is 1.50 bits per heavy atom. The predicted octanol–water partition coefficient (Wildman–Crippen LogP) is -1.04. The monoisotopic (exact) mass is 273 g/mol. The first-order valence-corrected chi connectivity index (χ1v) is 7.47. The fraction of sp³-hybridized carbons (Fsp3) is 0.667. The minimum Gasteiger partial charge on any atom is -0.337 e. The molecule has 0 radical (unpaired) electrons. The van der Waals surface area contributed by atoms with Crippen LogP contribution < -0.4 is 4.72 Å². The second-order valence-corrected chi connectivity index (χ2v) is 6.09. The highest BCUT2D eigenvalue weighted by atomic mass is 32.2. The molecule has 9 heteroatoms. The lowest BCUT2D eigenvalue weighted by atomic mass is 10.1. The average Bonchev–Trinajstić information content (AvgIpc) is 2.80. The van der Waals surface area contributed by atoms with E-state index in [4.69, 9.17) is 0 Å². The van der Waals surface area contributed by atoms with Gasteiger partial charge in [0.05, 0.1) is 12.5 Å². The van der Waals surface area contributed by atoms with E-state index in [0.29, 0.717) is 25.9 Å². The van der Waals surface area contributed by atoms with E-state index in [1.807, 2.05) is 0 Å². The van der Waals surface area contributed by atoms with Crippen molar-refractivity contribution in [3.63, 3.8) is 0 Å². The summed E-state index contributed by atoms with van der Waals surface area (Å²) in [7, 11) is -3.19. The number of sulfonamides is 1. The predicted molar refractivity (Wildman–Crippen MR) is 63.3 cm³/mol. The molecule has 8 nitrogen and oxygen atoms in total. The van der Waals surface area contributed by atoms with Crippen LogP contribution in [0.25, 0.3) is 0 Å². The molecule has 1 aromatic rings. The maximum Gasteiger partial charge on any atom is 0.276 e. The van der Waals surface area contributed by atoms with E-state index in [1.54, 1.807) is 4.90 Å². The third-order valence-corrected chi connectivity index (χ3v) is 3.56. The Kier molecular flexibility index (Phi) is 3.62. The third kappa shape index (κ3) is 3.26. The number of nitrogens with zero attached hydrogens (tertiary/aromatic N) is 3. The van der Waals surface area contributed by atoms with Gasteiger partial charge in [-0.1, -0.05) is 0 Å². The zero-order chi connectivity index (χ0) is 13.2. The van der Waals surface area contributed by atoms with Crippen LogP contribution in [0.5, 0.6) is 0 Å². The lowest BCUT2D eigenvalue weighted by molar-refractivity contribution is 0.0705. The molecule has 0 aliphatic carbocycles. The quantitative estimate of drug-likeness (QED) is 0.731. The Labute approximate surface area is 105 Å². The first-order chi connectivity index (χ1) is 8.46. The van der Waals surface area contributed by atoms with Gasteiger partial charge in [-0.25, -0.2) is 13.1 Å². The minimum absolute atomic E-state index is 0.0960. The highest BCUT2D eigenvalue weighted by Gasteiger charge is 2.26. The van der Waals surface area contributed by atoms with Gasteiger partial charge < -0.3 is 4.90 Å². The highest BCUT2D eigenvalue weighted by molar-refractivity contribution is 7.88. The van der Waals surface area contributed by atoms with E-state index >= 15 is 0 Å². The van der Waals surface area contributed by atoms with Crippen LogP contribution in [0.4, 0.5) is 0 Å². The summed E-state index contributed by atoms with van der Waals surface area (Å²) in [4.78, 5) is 13.6. The summed E-state index contributed by atoms with van der Waals surface area (Å²) in [5.41, 5.74) is 0.282. The van der Waals surface area contributed by atoms with Crippen LogP contribution in [0.2, 0.25) is 0 Å². The standard InChI is InChI=1S/C9H15N5O3S/c1-18(16,17)12-7-2-4-14(5-3-7)9(15)8-6-10-13-11-8/h6-7,12H,2-5H2,1H3,(H,10,11,13). The number of aromatic nitrogens is 3. The minimum atomic E-state index is -3.19. The molecule has 0 atom stereocenters. The fourth-order valence-electron chi connectivity index (χ4n) is 1.97. The second kappa shape index (κ2) is 5.02. The molecular formula is C9H15N5O3S. The van der Waals surface area contributed by atoms with E-state index in [0.717, 1.165) is 6.26 Å². The van der Waals surface area contributed by atoms with Crippen LogP contribution in [0, 0.1) is 0 Å². The molecule has 0 unspecified atom stereocenters. The fourth-order valence-corrected chi connectivity index (χ4v) is 2.81. The van der Waals surface area contributed by atoms with Crippen molar-refractivity contribution in [1.29, 1.82) is 0 Å². The maximum atomic E-state index is 11.9. The Bertz CT molecular complexity index is 504. The van der Waals surface area contributed by atoms with Crippen molar-refractivity contribution >= 4 is 15.9 Å². The van der Waals surface area contributed by atoms with Gasteiger partial charge in [0, 0.05) is 19.1 Å². The van der Waals surface area contributed by atoms with E-state index in [1.165, 1.54) is 6.20 Å². The van der Waals surface area contributed by atoms with Gasteiger partial charge in [-0.3, -0.25) is 4.79 Å². The molecule has 0 bridgehead atoms. The highest BCUT2D eigenvalue weighted by Crippen LogP contribution is 2.13. The maximum absolute atomic E-state index is 11.9. The van der Waals surface area contributed by atoms with Crippen molar-refractivity contribution < 1.29 is 13.2 Å². The zero-order valence-electron chi connectivity index (χ0n) is 9.96. The van der Waals surface area contributed by atoms with Gasteiger partial charge in [0.2, 0.25) is 10.0 Å². The van der Waals surface area contributed by atoms with E-state index < -0.39 is 10.0 Å². The van der Waals surface area contributed by atoms with Gasteiger partial charge in [-0.05, 0) is 12.8 Å². The molecule has 2 heterocycles. The van der Waals surface area contributed by atoms with Crippen LogP contribution in [0.1, 0.15) is 23.3 Å². The molecule has 1 amide bonds. The largest absolute Gasteiger partial charge is 0.337 e.